The van der Waals surface area contributed by atoms with Crippen molar-refractivity contribution in [3.63, 3.8) is 0 Å². The third-order valence-corrected chi connectivity index (χ3v) is 6.00. The summed E-state index contributed by atoms with van der Waals surface area (Å²) < 4.78 is 0. The molecule has 0 aromatic rings. The number of alkyl halides is 1. The van der Waals surface area contributed by atoms with Crippen LogP contribution < -0.4 is 0 Å². The van der Waals surface area contributed by atoms with Crippen LogP contribution in [0.5, 0.6) is 0 Å². The lowest BCUT2D eigenvalue weighted by Gasteiger charge is -2.28. The van der Waals surface area contributed by atoms with Gasteiger partial charge in [-0.15, -0.1) is 11.6 Å². The second kappa shape index (κ2) is 5.03. The zero-order valence-corrected chi connectivity index (χ0v) is 12.0. The molecule has 5 unspecified atom stereocenters. The maximum Gasteiger partial charge on any atom is 0.223 e. The highest BCUT2D eigenvalue weighted by molar-refractivity contribution is 6.18. The van der Waals surface area contributed by atoms with Crippen molar-refractivity contribution in [2.45, 2.75) is 51.5 Å². The summed E-state index contributed by atoms with van der Waals surface area (Å²) in [6.45, 7) is 3.15. The lowest BCUT2D eigenvalue weighted by molar-refractivity contribution is -0.133. The van der Waals surface area contributed by atoms with E-state index >= 15 is 0 Å². The van der Waals surface area contributed by atoms with Crippen LogP contribution in [0.2, 0.25) is 0 Å². The Labute approximate surface area is 115 Å². The number of fused-ring (bicyclic) bond motifs is 2. The van der Waals surface area contributed by atoms with Crippen molar-refractivity contribution in [2.24, 2.45) is 23.7 Å². The summed E-state index contributed by atoms with van der Waals surface area (Å²) in [6.07, 6.45) is 7.41. The zero-order valence-electron chi connectivity index (χ0n) is 11.3. The smallest absolute Gasteiger partial charge is 0.223 e. The molecule has 1 amide bonds. The van der Waals surface area contributed by atoms with Crippen LogP contribution in [0.3, 0.4) is 0 Å². The molecule has 2 nitrogen and oxygen atoms in total. The summed E-state index contributed by atoms with van der Waals surface area (Å²) in [5.41, 5.74) is 0. The van der Waals surface area contributed by atoms with E-state index in [-0.39, 0.29) is 6.04 Å². The molecule has 18 heavy (non-hydrogen) atoms. The van der Waals surface area contributed by atoms with Gasteiger partial charge in [-0.3, -0.25) is 4.79 Å². The van der Waals surface area contributed by atoms with E-state index < -0.39 is 0 Å². The van der Waals surface area contributed by atoms with Crippen LogP contribution in [0, 0.1) is 23.7 Å². The summed E-state index contributed by atoms with van der Waals surface area (Å²) in [4.78, 5) is 14.5. The van der Waals surface area contributed by atoms with Crippen LogP contribution in [0.4, 0.5) is 0 Å². The van der Waals surface area contributed by atoms with Crippen molar-refractivity contribution in [1.82, 2.24) is 4.90 Å². The van der Waals surface area contributed by atoms with E-state index in [1.54, 1.807) is 0 Å². The van der Waals surface area contributed by atoms with Gasteiger partial charge in [-0.1, -0.05) is 13.3 Å². The summed E-state index contributed by atoms with van der Waals surface area (Å²) >= 11 is 6.03. The van der Waals surface area contributed by atoms with Crippen LogP contribution in [-0.2, 0) is 4.79 Å². The van der Waals surface area contributed by atoms with Crippen LogP contribution in [0.15, 0.2) is 0 Å². The van der Waals surface area contributed by atoms with E-state index in [0.717, 1.165) is 31.2 Å². The van der Waals surface area contributed by atoms with Gasteiger partial charge >= 0.3 is 0 Å². The Morgan fingerprint density at radius 2 is 2.11 bits per heavy atom. The van der Waals surface area contributed by atoms with Gasteiger partial charge < -0.3 is 4.90 Å². The quantitative estimate of drug-likeness (QED) is 0.720. The monoisotopic (exact) mass is 269 g/mol. The van der Waals surface area contributed by atoms with E-state index in [0.29, 0.717) is 23.6 Å². The first-order valence-corrected chi connectivity index (χ1v) is 8.08. The number of carbonyl (C=O) groups is 1. The van der Waals surface area contributed by atoms with Gasteiger partial charge in [0, 0.05) is 24.9 Å². The Hall–Kier alpha value is -0.240. The van der Waals surface area contributed by atoms with Gasteiger partial charge in [-0.05, 0) is 49.4 Å². The SMILES string of the molecule is CC1CCN(C(=O)CC2CC3CCC2C3)C1CCl. The lowest BCUT2D eigenvalue weighted by atomic mass is 9.86. The number of halogens is 1. The zero-order chi connectivity index (χ0) is 12.7. The number of nitrogens with zero attached hydrogens (tertiary/aromatic N) is 1. The molecule has 3 rings (SSSR count). The lowest BCUT2D eigenvalue weighted by Crippen LogP contribution is -2.39. The van der Waals surface area contributed by atoms with E-state index in [1.807, 2.05) is 0 Å². The highest BCUT2D eigenvalue weighted by atomic mass is 35.5. The molecule has 0 radical (unpaired) electrons. The van der Waals surface area contributed by atoms with Gasteiger partial charge in [-0.25, -0.2) is 0 Å². The van der Waals surface area contributed by atoms with Gasteiger partial charge in [0.15, 0.2) is 0 Å². The summed E-state index contributed by atoms with van der Waals surface area (Å²) in [5, 5.41) is 0. The number of likely N-dealkylation sites (tertiary alicyclic amines) is 1. The van der Waals surface area contributed by atoms with Crippen molar-refractivity contribution in [3.05, 3.63) is 0 Å². The summed E-state index contributed by atoms with van der Waals surface area (Å²) in [7, 11) is 0. The molecule has 1 saturated heterocycles. The molecule has 2 bridgehead atoms. The van der Waals surface area contributed by atoms with Gasteiger partial charge in [-0.2, -0.15) is 0 Å². The predicted molar refractivity (Wildman–Crippen MR) is 73.6 cm³/mol. The van der Waals surface area contributed by atoms with E-state index in [2.05, 4.69) is 11.8 Å². The highest BCUT2D eigenvalue weighted by Crippen LogP contribution is 2.49. The largest absolute Gasteiger partial charge is 0.338 e. The number of rotatable bonds is 3. The van der Waals surface area contributed by atoms with Crippen molar-refractivity contribution < 1.29 is 4.79 Å². The Morgan fingerprint density at radius 3 is 2.72 bits per heavy atom. The molecule has 0 spiro atoms. The predicted octanol–water partition coefficient (Wildman–Crippen LogP) is 3.29. The van der Waals surface area contributed by atoms with Crippen molar-refractivity contribution >= 4 is 17.5 Å². The van der Waals surface area contributed by atoms with Crippen LogP contribution >= 0.6 is 11.6 Å². The first-order chi connectivity index (χ1) is 8.69. The molecular weight excluding hydrogens is 246 g/mol. The fourth-order valence-corrected chi connectivity index (χ4v) is 4.99. The molecule has 0 aromatic carbocycles. The van der Waals surface area contributed by atoms with Gasteiger partial charge in [0.25, 0.3) is 0 Å². The van der Waals surface area contributed by atoms with Crippen LogP contribution in [-0.4, -0.2) is 29.3 Å². The normalized spacial score (nSPS) is 42.8. The Bertz CT molecular complexity index is 332. The molecule has 1 heterocycles. The third-order valence-electron chi connectivity index (χ3n) is 5.68. The van der Waals surface area contributed by atoms with Crippen molar-refractivity contribution in [2.75, 3.05) is 12.4 Å². The molecular formula is C15H24ClNO. The molecule has 3 heteroatoms. The molecule has 5 atom stereocenters. The Balaban J connectivity index is 1.58. The minimum atomic E-state index is 0.290. The molecule has 1 aliphatic heterocycles. The Morgan fingerprint density at radius 1 is 1.28 bits per heavy atom. The van der Waals surface area contributed by atoms with E-state index in [4.69, 9.17) is 11.6 Å². The fourth-order valence-electron chi connectivity index (χ4n) is 4.52. The summed E-state index contributed by atoms with van der Waals surface area (Å²) in [6, 6.07) is 0.290. The van der Waals surface area contributed by atoms with Gasteiger partial charge in [0.1, 0.15) is 0 Å². The second-order valence-electron chi connectivity index (χ2n) is 6.71. The first-order valence-electron chi connectivity index (χ1n) is 7.54. The van der Waals surface area contributed by atoms with Crippen LogP contribution in [0.25, 0.3) is 0 Å². The van der Waals surface area contributed by atoms with E-state index in [9.17, 15) is 4.79 Å². The number of hydrogen-bond acceptors (Lipinski definition) is 1. The summed E-state index contributed by atoms with van der Waals surface area (Å²) in [5.74, 6) is 4.03. The third kappa shape index (κ3) is 2.17. The van der Waals surface area contributed by atoms with Crippen molar-refractivity contribution in [3.8, 4) is 0 Å². The second-order valence-corrected chi connectivity index (χ2v) is 7.02. The molecule has 0 N–H and O–H groups in total. The number of hydrogen-bond donors (Lipinski definition) is 0. The minimum Gasteiger partial charge on any atom is -0.338 e. The van der Waals surface area contributed by atoms with Crippen molar-refractivity contribution in [1.29, 1.82) is 0 Å². The van der Waals surface area contributed by atoms with Crippen LogP contribution in [0.1, 0.15) is 45.4 Å². The average molecular weight is 270 g/mol. The maximum atomic E-state index is 12.5. The number of amides is 1. The standard InChI is InChI=1S/C15H24ClNO/c1-10-4-5-17(14(10)9-16)15(18)8-13-7-11-2-3-12(13)6-11/h10-14H,2-9H2,1H3. The molecule has 102 valence electrons. The fraction of sp³-hybridized carbons (Fsp3) is 0.933. The van der Waals surface area contributed by atoms with Gasteiger partial charge in [0.2, 0.25) is 5.91 Å². The Kier molecular flexibility index (Phi) is 3.57. The molecule has 2 saturated carbocycles. The molecule has 3 fully saturated rings. The molecule has 0 aromatic heterocycles. The van der Waals surface area contributed by atoms with E-state index in [1.165, 1.54) is 25.7 Å². The maximum absolute atomic E-state index is 12.5. The minimum absolute atomic E-state index is 0.290. The first kappa shape index (κ1) is 12.8. The highest BCUT2D eigenvalue weighted by Gasteiger charge is 2.42. The molecule has 3 aliphatic rings. The van der Waals surface area contributed by atoms with Gasteiger partial charge in [0.05, 0.1) is 0 Å². The number of carbonyl (C=O) groups excluding carboxylic acids is 1. The average Bonchev–Trinajstić information content (AvgIpc) is 3.03. The molecule has 2 aliphatic carbocycles. The topological polar surface area (TPSA) is 20.3 Å².